The Labute approximate surface area is 97.9 Å². The number of aliphatic hydroxyl groups is 1. The highest BCUT2D eigenvalue weighted by atomic mass is 16.3. The quantitative estimate of drug-likeness (QED) is 0.841. The van der Waals surface area contributed by atoms with Gasteiger partial charge >= 0.3 is 0 Å². The topological polar surface area (TPSA) is 23.5 Å². The van der Waals surface area contributed by atoms with Crippen LogP contribution < -0.4 is 4.90 Å². The number of nitrogens with zero attached hydrogens (tertiary/aromatic N) is 1. The van der Waals surface area contributed by atoms with Gasteiger partial charge in [-0.1, -0.05) is 32.0 Å². The Hall–Kier alpha value is -1.02. The first kappa shape index (κ1) is 11.5. The second kappa shape index (κ2) is 4.46. The minimum atomic E-state index is -0.530. The molecule has 0 aliphatic carbocycles. The molecule has 0 saturated heterocycles. The predicted molar refractivity (Wildman–Crippen MR) is 67.9 cm³/mol. The molecule has 1 aromatic carbocycles. The number of hydrogen-bond donors (Lipinski definition) is 1. The van der Waals surface area contributed by atoms with Gasteiger partial charge in [0.1, 0.15) is 0 Å². The standard InChI is InChI=1S/C14H21NO/c1-3-14(16,4-2)11-15-10-9-12-7-5-6-8-13(12)15/h5-8,16H,3-4,9-11H2,1-2H3. The molecule has 0 bridgehead atoms. The molecule has 1 aromatic rings. The molecule has 1 N–H and O–H groups in total. The normalized spacial score (nSPS) is 15.3. The van der Waals surface area contributed by atoms with Crippen LogP contribution in [0.25, 0.3) is 0 Å². The van der Waals surface area contributed by atoms with E-state index in [1.165, 1.54) is 11.3 Å². The fourth-order valence-corrected chi connectivity index (χ4v) is 2.40. The van der Waals surface area contributed by atoms with Gasteiger partial charge in [-0.3, -0.25) is 0 Å². The maximum absolute atomic E-state index is 10.4. The summed E-state index contributed by atoms with van der Waals surface area (Å²) in [5.74, 6) is 0. The molecule has 0 spiro atoms. The number of para-hydroxylation sites is 1. The van der Waals surface area contributed by atoms with Crippen LogP contribution in [-0.4, -0.2) is 23.8 Å². The van der Waals surface area contributed by atoms with Crippen LogP contribution in [0.5, 0.6) is 0 Å². The molecular formula is C14H21NO. The predicted octanol–water partition coefficient (Wildman–Crippen LogP) is 2.60. The van der Waals surface area contributed by atoms with Gasteiger partial charge in [-0.25, -0.2) is 0 Å². The van der Waals surface area contributed by atoms with E-state index in [9.17, 15) is 5.11 Å². The fraction of sp³-hybridized carbons (Fsp3) is 0.571. The summed E-state index contributed by atoms with van der Waals surface area (Å²) >= 11 is 0. The molecule has 0 unspecified atom stereocenters. The molecule has 16 heavy (non-hydrogen) atoms. The lowest BCUT2D eigenvalue weighted by atomic mass is 9.97. The Balaban J connectivity index is 2.14. The first-order chi connectivity index (χ1) is 7.68. The zero-order chi connectivity index (χ0) is 11.6. The molecule has 0 saturated carbocycles. The molecule has 0 radical (unpaired) electrons. The summed E-state index contributed by atoms with van der Waals surface area (Å²) in [6, 6.07) is 8.52. The smallest absolute Gasteiger partial charge is 0.0816 e. The van der Waals surface area contributed by atoms with E-state index < -0.39 is 5.60 Å². The minimum absolute atomic E-state index is 0.530. The highest BCUT2D eigenvalue weighted by Gasteiger charge is 2.28. The maximum Gasteiger partial charge on any atom is 0.0816 e. The third kappa shape index (κ3) is 2.07. The molecule has 1 aliphatic rings. The average Bonchev–Trinajstić information content (AvgIpc) is 2.73. The number of β-amino-alcohol motifs (C(OH)–C–C–N with tert-alkyl or cyclic N) is 1. The summed E-state index contributed by atoms with van der Waals surface area (Å²) < 4.78 is 0. The molecule has 2 rings (SSSR count). The zero-order valence-electron chi connectivity index (χ0n) is 10.2. The SMILES string of the molecule is CCC(O)(CC)CN1CCc2ccccc21. The second-order valence-electron chi connectivity index (χ2n) is 4.73. The van der Waals surface area contributed by atoms with Crippen LogP contribution in [0.2, 0.25) is 0 Å². The summed E-state index contributed by atoms with van der Waals surface area (Å²) in [5.41, 5.74) is 2.19. The van der Waals surface area contributed by atoms with Crippen molar-refractivity contribution in [2.75, 3.05) is 18.0 Å². The monoisotopic (exact) mass is 219 g/mol. The van der Waals surface area contributed by atoms with Crippen molar-refractivity contribution in [3.8, 4) is 0 Å². The molecular weight excluding hydrogens is 198 g/mol. The van der Waals surface area contributed by atoms with E-state index in [1.807, 2.05) is 0 Å². The van der Waals surface area contributed by atoms with Gasteiger partial charge in [-0.15, -0.1) is 0 Å². The van der Waals surface area contributed by atoms with Crippen molar-refractivity contribution in [1.82, 2.24) is 0 Å². The Morgan fingerprint density at radius 2 is 1.94 bits per heavy atom. The van der Waals surface area contributed by atoms with Crippen molar-refractivity contribution < 1.29 is 5.11 Å². The Kier molecular flexibility index (Phi) is 3.20. The lowest BCUT2D eigenvalue weighted by molar-refractivity contribution is 0.0397. The average molecular weight is 219 g/mol. The maximum atomic E-state index is 10.4. The van der Waals surface area contributed by atoms with E-state index in [1.54, 1.807) is 0 Å². The van der Waals surface area contributed by atoms with E-state index in [-0.39, 0.29) is 0 Å². The van der Waals surface area contributed by atoms with E-state index in [2.05, 4.69) is 43.0 Å². The van der Waals surface area contributed by atoms with E-state index in [0.717, 1.165) is 32.4 Å². The first-order valence-electron chi connectivity index (χ1n) is 6.24. The van der Waals surface area contributed by atoms with Gasteiger partial charge < -0.3 is 10.0 Å². The molecule has 0 fully saturated rings. The molecule has 1 aliphatic heterocycles. The molecule has 2 nitrogen and oxygen atoms in total. The highest BCUT2D eigenvalue weighted by Crippen LogP contribution is 2.30. The van der Waals surface area contributed by atoms with Gasteiger partial charge in [0.2, 0.25) is 0 Å². The summed E-state index contributed by atoms with van der Waals surface area (Å²) in [7, 11) is 0. The van der Waals surface area contributed by atoms with Crippen molar-refractivity contribution in [3.63, 3.8) is 0 Å². The van der Waals surface area contributed by atoms with Crippen molar-refractivity contribution >= 4 is 5.69 Å². The van der Waals surface area contributed by atoms with Crippen LogP contribution in [0.15, 0.2) is 24.3 Å². The Morgan fingerprint density at radius 3 is 2.62 bits per heavy atom. The van der Waals surface area contributed by atoms with Crippen LogP contribution >= 0.6 is 0 Å². The van der Waals surface area contributed by atoms with Crippen molar-refractivity contribution in [3.05, 3.63) is 29.8 Å². The van der Waals surface area contributed by atoms with Gasteiger partial charge in [-0.2, -0.15) is 0 Å². The van der Waals surface area contributed by atoms with Crippen LogP contribution in [0.3, 0.4) is 0 Å². The second-order valence-corrected chi connectivity index (χ2v) is 4.73. The number of fused-ring (bicyclic) bond motifs is 1. The Morgan fingerprint density at radius 1 is 1.25 bits per heavy atom. The summed E-state index contributed by atoms with van der Waals surface area (Å²) in [6.07, 6.45) is 2.75. The molecule has 0 aromatic heterocycles. The van der Waals surface area contributed by atoms with Gasteiger partial charge in [0, 0.05) is 18.8 Å². The third-order valence-electron chi connectivity index (χ3n) is 3.78. The van der Waals surface area contributed by atoms with E-state index in [0.29, 0.717) is 0 Å². The Bertz CT molecular complexity index is 358. The molecule has 1 heterocycles. The van der Waals surface area contributed by atoms with Crippen LogP contribution in [0, 0.1) is 0 Å². The number of rotatable bonds is 4. The fourth-order valence-electron chi connectivity index (χ4n) is 2.40. The highest BCUT2D eigenvalue weighted by molar-refractivity contribution is 5.58. The zero-order valence-corrected chi connectivity index (χ0v) is 10.2. The lowest BCUT2D eigenvalue weighted by Gasteiger charge is -2.32. The van der Waals surface area contributed by atoms with Crippen LogP contribution in [-0.2, 0) is 6.42 Å². The van der Waals surface area contributed by atoms with Gasteiger partial charge in [-0.05, 0) is 30.9 Å². The number of anilines is 1. The largest absolute Gasteiger partial charge is 0.388 e. The first-order valence-corrected chi connectivity index (χ1v) is 6.24. The van der Waals surface area contributed by atoms with Crippen LogP contribution in [0.1, 0.15) is 32.3 Å². The third-order valence-corrected chi connectivity index (χ3v) is 3.78. The van der Waals surface area contributed by atoms with Crippen molar-refractivity contribution in [1.29, 1.82) is 0 Å². The van der Waals surface area contributed by atoms with Gasteiger partial charge in [0.05, 0.1) is 5.60 Å². The van der Waals surface area contributed by atoms with Crippen molar-refractivity contribution in [2.24, 2.45) is 0 Å². The van der Waals surface area contributed by atoms with E-state index >= 15 is 0 Å². The summed E-state index contributed by atoms with van der Waals surface area (Å²) in [5, 5.41) is 10.4. The molecule has 0 amide bonds. The van der Waals surface area contributed by atoms with E-state index in [4.69, 9.17) is 0 Å². The molecule has 88 valence electrons. The number of benzene rings is 1. The van der Waals surface area contributed by atoms with Crippen molar-refractivity contribution in [2.45, 2.75) is 38.7 Å². The number of hydrogen-bond acceptors (Lipinski definition) is 2. The minimum Gasteiger partial charge on any atom is -0.388 e. The van der Waals surface area contributed by atoms with Crippen LogP contribution in [0.4, 0.5) is 5.69 Å². The summed E-state index contributed by atoms with van der Waals surface area (Å²) in [4.78, 5) is 2.32. The lowest BCUT2D eigenvalue weighted by Crippen LogP contribution is -2.41. The molecule has 2 heteroatoms. The van der Waals surface area contributed by atoms with Gasteiger partial charge in [0.15, 0.2) is 0 Å². The van der Waals surface area contributed by atoms with Gasteiger partial charge in [0.25, 0.3) is 0 Å². The summed E-state index contributed by atoms with van der Waals surface area (Å²) in [6.45, 7) is 5.93. The molecule has 0 atom stereocenters.